The first-order chi connectivity index (χ1) is 11.6. The molecular formula is C17H20ClFN2O4. The lowest BCUT2D eigenvalue weighted by Gasteiger charge is -2.28. The summed E-state index contributed by atoms with van der Waals surface area (Å²) in [7, 11) is 3.07. The zero-order valence-electron chi connectivity index (χ0n) is 14.2. The van der Waals surface area contributed by atoms with Gasteiger partial charge in [0.25, 0.3) is 0 Å². The minimum absolute atomic E-state index is 0.00393. The molecule has 0 aromatic heterocycles. The lowest BCUT2D eigenvalue weighted by molar-refractivity contribution is -0.143. The Morgan fingerprint density at radius 2 is 2.12 bits per heavy atom. The minimum atomic E-state index is -1.00. The van der Waals surface area contributed by atoms with E-state index in [1.165, 1.54) is 35.9 Å². The second-order valence-corrected chi connectivity index (χ2v) is 6.80. The molecule has 3 atom stereocenters. The molecule has 1 aromatic carbocycles. The van der Waals surface area contributed by atoms with Gasteiger partial charge in [0.1, 0.15) is 5.82 Å². The van der Waals surface area contributed by atoms with Crippen LogP contribution in [0, 0.1) is 17.7 Å². The molecule has 1 heterocycles. The number of hydrogen-bond donors (Lipinski definition) is 1. The predicted octanol–water partition coefficient (Wildman–Crippen LogP) is 2.18. The van der Waals surface area contributed by atoms with Crippen molar-refractivity contribution < 1.29 is 23.9 Å². The van der Waals surface area contributed by atoms with E-state index >= 15 is 0 Å². The molecule has 3 unspecified atom stereocenters. The number of carboxylic acids is 1. The van der Waals surface area contributed by atoms with Crippen LogP contribution in [-0.2, 0) is 14.4 Å². The van der Waals surface area contributed by atoms with Gasteiger partial charge in [-0.15, -0.1) is 0 Å². The Morgan fingerprint density at radius 1 is 1.48 bits per heavy atom. The summed E-state index contributed by atoms with van der Waals surface area (Å²) in [5.41, 5.74) is 0.480. The average molecular weight is 371 g/mol. The third-order valence-corrected chi connectivity index (χ3v) is 4.84. The lowest BCUT2D eigenvalue weighted by atomic mass is 9.92. The molecule has 0 bridgehead atoms. The molecule has 0 radical (unpaired) electrons. The van der Waals surface area contributed by atoms with E-state index in [1.807, 2.05) is 0 Å². The minimum Gasteiger partial charge on any atom is -0.481 e. The molecule has 1 aliphatic heterocycles. The van der Waals surface area contributed by atoms with Crippen LogP contribution in [0.15, 0.2) is 18.2 Å². The normalized spacial score (nSPS) is 21.3. The summed E-state index contributed by atoms with van der Waals surface area (Å²) in [4.78, 5) is 38.6. The van der Waals surface area contributed by atoms with Gasteiger partial charge >= 0.3 is 5.97 Å². The van der Waals surface area contributed by atoms with Crippen molar-refractivity contribution in [2.24, 2.45) is 11.8 Å². The van der Waals surface area contributed by atoms with Gasteiger partial charge in [-0.3, -0.25) is 14.4 Å². The number of carbonyl (C=O) groups is 3. The number of aliphatic carboxylic acids is 1. The fourth-order valence-corrected chi connectivity index (χ4v) is 3.22. The molecule has 2 amide bonds. The van der Waals surface area contributed by atoms with Crippen molar-refractivity contribution in [3.63, 3.8) is 0 Å². The third kappa shape index (κ3) is 3.92. The van der Waals surface area contributed by atoms with Crippen molar-refractivity contribution >= 4 is 29.4 Å². The zero-order valence-corrected chi connectivity index (χ0v) is 15.0. The Hall–Kier alpha value is -2.15. The molecule has 136 valence electrons. The van der Waals surface area contributed by atoms with E-state index in [0.717, 1.165) is 0 Å². The highest BCUT2D eigenvalue weighted by Gasteiger charge is 2.44. The summed E-state index contributed by atoms with van der Waals surface area (Å²) in [6, 6.07) is 3.59. The summed E-state index contributed by atoms with van der Waals surface area (Å²) in [5, 5.41) is 8.96. The molecule has 0 aliphatic carbocycles. The second kappa shape index (κ2) is 7.39. The van der Waals surface area contributed by atoms with Gasteiger partial charge < -0.3 is 14.9 Å². The quantitative estimate of drug-likeness (QED) is 0.861. The van der Waals surface area contributed by atoms with Crippen LogP contribution in [0.1, 0.15) is 24.9 Å². The Balaban J connectivity index is 2.27. The van der Waals surface area contributed by atoms with Crippen LogP contribution in [0.5, 0.6) is 0 Å². The van der Waals surface area contributed by atoms with Crippen molar-refractivity contribution in [1.29, 1.82) is 0 Å². The molecule has 1 saturated heterocycles. The molecule has 25 heavy (non-hydrogen) atoms. The topological polar surface area (TPSA) is 77.9 Å². The number of carbonyl (C=O) groups excluding carboxylic acids is 2. The first-order valence-corrected chi connectivity index (χ1v) is 8.19. The average Bonchev–Trinajstić information content (AvgIpc) is 2.84. The fraction of sp³-hybridized carbons (Fsp3) is 0.471. The first-order valence-electron chi connectivity index (χ1n) is 7.81. The zero-order chi connectivity index (χ0) is 18.9. The van der Waals surface area contributed by atoms with E-state index in [-0.39, 0.29) is 29.8 Å². The van der Waals surface area contributed by atoms with Crippen LogP contribution < -0.4 is 0 Å². The molecule has 6 nitrogen and oxygen atoms in total. The molecule has 0 spiro atoms. The molecule has 1 N–H and O–H groups in total. The number of nitrogens with zero attached hydrogens (tertiary/aromatic N) is 2. The Bertz CT molecular complexity index is 712. The summed E-state index contributed by atoms with van der Waals surface area (Å²) in [6.07, 6.45) is -0.00393. The summed E-state index contributed by atoms with van der Waals surface area (Å²) < 4.78 is 13.8. The number of benzene rings is 1. The van der Waals surface area contributed by atoms with Gasteiger partial charge in [-0.05, 0) is 17.7 Å². The maximum absolute atomic E-state index is 13.8. The third-order valence-electron chi connectivity index (χ3n) is 4.53. The molecule has 0 saturated carbocycles. The smallest absolute Gasteiger partial charge is 0.308 e. The van der Waals surface area contributed by atoms with Crippen LogP contribution >= 0.6 is 11.6 Å². The van der Waals surface area contributed by atoms with E-state index in [9.17, 15) is 18.8 Å². The van der Waals surface area contributed by atoms with Gasteiger partial charge in [0, 0.05) is 27.1 Å². The van der Waals surface area contributed by atoms with Crippen molar-refractivity contribution in [2.45, 2.75) is 19.4 Å². The van der Waals surface area contributed by atoms with Crippen molar-refractivity contribution in [3.8, 4) is 0 Å². The number of likely N-dealkylation sites (tertiary alicyclic amines) is 1. The van der Waals surface area contributed by atoms with Gasteiger partial charge in [-0.25, -0.2) is 4.39 Å². The largest absolute Gasteiger partial charge is 0.481 e. The van der Waals surface area contributed by atoms with Crippen molar-refractivity contribution in [2.75, 3.05) is 20.6 Å². The van der Waals surface area contributed by atoms with E-state index in [2.05, 4.69) is 0 Å². The van der Waals surface area contributed by atoms with Crippen LogP contribution in [-0.4, -0.2) is 53.3 Å². The second-order valence-electron chi connectivity index (χ2n) is 6.39. The lowest BCUT2D eigenvalue weighted by Crippen LogP contribution is -2.39. The number of rotatable bonds is 5. The summed E-state index contributed by atoms with van der Waals surface area (Å²) >= 11 is 5.70. The number of halogens is 2. The monoisotopic (exact) mass is 370 g/mol. The molecule has 1 fully saturated rings. The Labute approximate surface area is 150 Å². The molecular weight excluding hydrogens is 351 g/mol. The summed E-state index contributed by atoms with van der Waals surface area (Å²) in [5.74, 6) is -3.62. The van der Waals surface area contributed by atoms with Gasteiger partial charge in [0.05, 0.1) is 22.9 Å². The first kappa shape index (κ1) is 19.2. The van der Waals surface area contributed by atoms with E-state index < -0.39 is 29.7 Å². The van der Waals surface area contributed by atoms with E-state index in [4.69, 9.17) is 16.7 Å². The standard InChI is InChI=1S/C17H20ClFN2O4/c1-9(17(24)25)8-20(2)16(23)11-7-14(22)21(3)15(11)10-4-5-12(18)13(19)6-10/h4-6,9,11,15H,7-8H2,1-3H3,(H,24,25). The van der Waals surface area contributed by atoms with Gasteiger partial charge in [-0.1, -0.05) is 24.6 Å². The van der Waals surface area contributed by atoms with Crippen molar-refractivity contribution in [3.05, 3.63) is 34.6 Å². The summed E-state index contributed by atoms with van der Waals surface area (Å²) in [6.45, 7) is 1.54. The molecule has 8 heteroatoms. The van der Waals surface area contributed by atoms with Crippen LogP contribution in [0.3, 0.4) is 0 Å². The van der Waals surface area contributed by atoms with Gasteiger partial charge in [0.15, 0.2) is 0 Å². The highest BCUT2D eigenvalue weighted by Crippen LogP contribution is 2.38. The van der Waals surface area contributed by atoms with Gasteiger partial charge in [0.2, 0.25) is 11.8 Å². The number of amides is 2. The van der Waals surface area contributed by atoms with Crippen LogP contribution in [0.25, 0.3) is 0 Å². The number of carboxylic acid groups (broad SMARTS) is 1. The van der Waals surface area contributed by atoms with Crippen LogP contribution in [0.4, 0.5) is 4.39 Å². The molecule has 1 aliphatic rings. The maximum Gasteiger partial charge on any atom is 0.308 e. The maximum atomic E-state index is 13.8. The number of hydrogen-bond acceptors (Lipinski definition) is 3. The molecule has 1 aromatic rings. The highest BCUT2D eigenvalue weighted by atomic mass is 35.5. The fourth-order valence-electron chi connectivity index (χ4n) is 3.11. The Kier molecular flexibility index (Phi) is 5.67. The Morgan fingerprint density at radius 3 is 2.68 bits per heavy atom. The predicted molar refractivity (Wildman–Crippen MR) is 89.5 cm³/mol. The highest BCUT2D eigenvalue weighted by molar-refractivity contribution is 6.30. The van der Waals surface area contributed by atoms with E-state index in [0.29, 0.717) is 5.56 Å². The van der Waals surface area contributed by atoms with Gasteiger partial charge in [-0.2, -0.15) is 0 Å². The van der Waals surface area contributed by atoms with Crippen molar-refractivity contribution in [1.82, 2.24) is 9.80 Å². The SMILES string of the molecule is CC(CN(C)C(=O)C1CC(=O)N(C)C1c1ccc(Cl)c(F)c1)C(=O)O. The van der Waals surface area contributed by atoms with Crippen LogP contribution in [0.2, 0.25) is 5.02 Å². The molecule has 2 rings (SSSR count). The van der Waals surface area contributed by atoms with E-state index in [1.54, 1.807) is 13.1 Å².